The van der Waals surface area contributed by atoms with E-state index in [4.69, 9.17) is 4.43 Å². The highest BCUT2D eigenvalue weighted by atomic mass is 28.4. The van der Waals surface area contributed by atoms with E-state index >= 15 is 0 Å². The van der Waals surface area contributed by atoms with Crippen molar-refractivity contribution in [1.29, 1.82) is 0 Å². The maximum atomic E-state index is 6.39. The summed E-state index contributed by atoms with van der Waals surface area (Å²) in [5.74, 6) is 1.15. The van der Waals surface area contributed by atoms with E-state index in [1.54, 1.807) is 0 Å². The lowest BCUT2D eigenvalue weighted by Gasteiger charge is -2.40. The summed E-state index contributed by atoms with van der Waals surface area (Å²) >= 11 is 0. The van der Waals surface area contributed by atoms with Gasteiger partial charge in [-0.3, -0.25) is 0 Å². The fourth-order valence-electron chi connectivity index (χ4n) is 2.02. The molecule has 98 valence electrons. The predicted octanol–water partition coefficient (Wildman–Crippen LogP) is 5.27. The zero-order valence-electron chi connectivity index (χ0n) is 12.6. The molecule has 0 saturated heterocycles. The Bertz CT molecular complexity index is 342. The minimum Gasteiger partial charge on any atom is -0.546 e. The minimum atomic E-state index is -1.69. The Morgan fingerprint density at radius 3 is 2.18 bits per heavy atom. The van der Waals surface area contributed by atoms with E-state index in [1.165, 1.54) is 5.57 Å². The largest absolute Gasteiger partial charge is 0.546 e. The van der Waals surface area contributed by atoms with Crippen LogP contribution in [0, 0.1) is 5.41 Å². The summed E-state index contributed by atoms with van der Waals surface area (Å²) in [6.07, 6.45) is 4.28. The highest BCUT2D eigenvalue weighted by Gasteiger charge is 2.40. The maximum Gasteiger partial charge on any atom is 0.250 e. The SMILES string of the molecule is C=C1C=C(O[Si](C)(C)C(C)(C)C)CC(C)(C)C1. The Labute approximate surface area is 108 Å². The topological polar surface area (TPSA) is 9.23 Å². The van der Waals surface area contributed by atoms with Crippen LogP contribution in [0.2, 0.25) is 18.1 Å². The lowest BCUT2D eigenvalue weighted by molar-refractivity contribution is 0.268. The van der Waals surface area contributed by atoms with Gasteiger partial charge in [0.2, 0.25) is 8.32 Å². The van der Waals surface area contributed by atoms with E-state index in [1.807, 2.05) is 0 Å². The first-order valence-corrected chi connectivity index (χ1v) is 9.41. The second-order valence-corrected chi connectivity index (χ2v) is 12.4. The van der Waals surface area contributed by atoms with Crippen LogP contribution in [0.4, 0.5) is 0 Å². The Morgan fingerprint density at radius 1 is 1.24 bits per heavy atom. The predicted molar refractivity (Wildman–Crippen MR) is 78.5 cm³/mol. The van der Waals surface area contributed by atoms with E-state index in [9.17, 15) is 0 Å². The second kappa shape index (κ2) is 4.31. The van der Waals surface area contributed by atoms with E-state index in [0.29, 0.717) is 5.41 Å². The number of hydrogen-bond acceptors (Lipinski definition) is 1. The van der Waals surface area contributed by atoms with Crippen LogP contribution in [0.25, 0.3) is 0 Å². The van der Waals surface area contributed by atoms with Gasteiger partial charge in [-0.2, -0.15) is 0 Å². The van der Waals surface area contributed by atoms with Gasteiger partial charge in [0.25, 0.3) is 0 Å². The summed E-state index contributed by atoms with van der Waals surface area (Å²) in [7, 11) is -1.69. The van der Waals surface area contributed by atoms with Crippen LogP contribution in [0.3, 0.4) is 0 Å². The molecule has 0 spiro atoms. The number of rotatable bonds is 2. The Balaban J connectivity index is 2.86. The molecule has 2 heteroatoms. The van der Waals surface area contributed by atoms with Gasteiger partial charge in [0.1, 0.15) is 0 Å². The number of hydrogen-bond donors (Lipinski definition) is 0. The van der Waals surface area contributed by atoms with Crippen molar-refractivity contribution in [2.24, 2.45) is 5.41 Å². The molecule has 1 aliphatic rings. The molecule has 0 unspecified atom stereocenters. The summed E-state index contributed by atoms with van der Waals surface area (Å²) in [5, 5.41) is 0.261. The van der Waals surface area contributed by atoms with Crippen molar-refractivity contribution < 1.29 is 4.43 Å². The van der Waals surface area contributed by atoms with E-state index in [2.05, 4.69) is 60.4 Å². The number of allylic oxidation sites excluding steroid dienone is 3. The molecule has 1 nitrogen and oxygen atoms in total. The van der Waals surface area contributed by atoms with Crippen molar-refractivity contribution >= 4 is 8.32 Å². The molecule has 0 fully saturated rings. The molecule has 0 amide bonds. The average Bonchev–Trinajstić information content (AvgIpc) is 1.94. The second-order valence-electron chi connectivity index (χ2n) is 7.65. The maximum absolute atomic E-state index is 6.39. The van der Waals surface area contributed by atoms with Gasteiger partial charge >= 0.3 is 0 Å². The normalized spacial score (nSPS) is 21.1. The van der Waals surface area contributed by atoms with Crippen molar-refractivity contribution in [3.63, 3.8) is 0 Å². The van der Waals surface area contributed by atoms with Crippen LogP contribution in [-0.2, 0) is 4.43 Å². The zero-order chi connectivity index (χ0) is 13.5. The summed E-state index contributed by atoms with van der Waals surface area (Å²) in [4.78, 5) is 0. The molecule has 0 bridgehead atoms. The van der Waals surface area contributed by atoms with Gasteiger partial charge in [0.15, 0.2) is 0 Å². The van der Waals surface area contributed by atoms with Crippen molar-refractivity contribution in [2.75, 3.05) is 0 Å². The third-order valence-electron chi connectivity index (χ3n) is 3.92. The smallest absolute Gasteiger partial charge is 0.250 e. The molecule has 0 radical (unpaired) electrons. The molecule has 0 aromatic heterocycles. The molecule has 0 saturated carbocycles. The van der Waals surface area contributed by atoms with Gasteiger partial charge in [0, 0.05) is 6.42 Å². The monoisotopic (exact) mass is 252 g/mol. The van der Waals surface area contributed by atoms with Crippen molar-refractivity contribution in [1.82, 2.24) is 0 Å². The molecule has 0 aromatic carbocycles. The summed E-state index contributed by atoms with van der Waals surface area (Å²) in [5.41, 5.74) is 1.50. The van der Waals surface area contributed by atoms with Crippen molar-refractivity contribution in [3.8, 4) is 0 Å². The summed E-state index contributed by atoms with van der Waals surface area (Å²) < 4.78 is 6.39. The molecular weight excluding hydrogens is 224 g/mol. The van der Waals surface area contributed by atoms with E-state index in [0.717, 1.165) is 18.6 Å². The molecular formula is C15H28OSi. The third kappa shape index (κ3) is 3.73. The van der Waals surface area contributed by atoms with Crippen molar-refractivity contribution in [3.05, 3.63) is 24.0 Å². The van der Waals surface area contributed by atoms with Crippen LogP contribution < -0.4 is 0 Å². The highest BCUT2D eigenvalue weighted by Crippen LogP contribution is 2.43. The van der Waals surface area contributed by atoms with Gasteiger partial charge in [-0.25, -0.2) is 0 Å². The molecule has 0 atom stereocenters. The summed E-state index contributed by atoms with van der Waals surface area (Å²) in [6.45, 7) is 20.1. The van der Waals surface area contributed by atoms with Gasteiger partial charge in [-0.1, -0.05) is 46.8 Å². The summed E-state index contributed by atoms with van der Waals surface area (Å²) in [6, 6.07) is 0. The zero-order valence-corrected chi connectivity index (χ0v) is 13.6. The van der Waals surface area contributed by atoms with Gasteiger partial charge < -0.3 is 4.43 Å². The van der Waals surface area contributed by atoms with Crippen LogP contribution in [0.1, 0.15) is 47.5 Å². The molecule has 0 N–H and O–H groups in total. The molecule has 0 heterocycles. The minimum absolute atomic E-state index is 0.261. The van der Waals surface area contributed by atoms with Gasteiger partial charge in [-0.15, -0.1) is 0 Å². The molecule has 0 aromatic rings. The highest BCUT2D eigenvalue weighted by molar-refractivity contribution is 6.74. The lowest BCUT2D eigenvalue weighted by atomic mass is 9.78. The molecule has 1 rings (SSSR count). The standard InChI is InChI=1S/C15H28OSi/c1-12-9-13(11-15(5,6)10-12)16-17(7,8)14(2,3)4/h9H,1,10-11H2,2-8H3. The molecule has 17 heavy (non-hydrogen) atoms. The fourth-order valence-corrected chi connectivity index (χ4v) is 3.12. The van der Waals surface area contributed by atoms with Crippen LogP contribution in [0.15, 0.2) is 24.0 Å². The van der Waals surface area contributed by atoms with Crippen LogP contribution in [0.5, 0.6) is 0 Å². The molecule has 1 aliphatic carbocycles. The van der Waals surface area contributed by atoms with E-state index < -0.39 is 8.32 Å². The van der Waals surface area contributed by atoms with Gasteiger partial charge in [0.05, 0.1) is 5.76 Å². The van der Waals surface area contributed by atoms with Crippen LogP contribution >= 0.6 is 0 Å². The Morgan fingerprint density at radius 2 is 1.76 bits per heavy atom. The first kappa shape index (κ1) is 14.6. The fraction of sp³-hybridized carbons (Fsp3) is 0.733. The molecule has 0 aliphatic heterocycles. The quantitative estimate of drug-likeness (QED) is 0.608. The Kier molecular flexibility index (Phi) is 3.69. The Hall–Kier alpha value is -0.503. The first-order valence-electron chi connectivity index (χ1n) is 6.50. The third-order valence-corrected chi connectivity index (χ3v) is 8.30. The lowest BCUT2D eigenvalue weighted by Crippen LogP contribution is -2.41. The van der Waals surface area contributed by atoms with Gasteiger partial charge in [-0.05, 0) is 36.0 Å². The van der Waals surface area contributed by atoms with Crippen LogP contribution in [-0.4, -0.2) is 8.32 Å². The first-order chi connectivity index (χ1) is 7.43. The average molecular weight is 252 g/mol. The van der Waals surface area contributed by atoms with E-state index in [-0.39, 0.29) is 5.04 Å². The van der Waals surface area contributed by atoms with Crippen molar-refractivity contribution in [2.45, 2.75) is 65.6 Å².